The van der Waals surface area contributed by atoms with Gasteiger partial charge >= 0.3 is 0 Å². The summed E-state index contributed by atoms with van der Waals surface area (Å²) in [6, 6.07) is 4.17. The molecule has 1 aromatic carbocycles. The summed E-state index contributed by atoms with van der Waals surface area (Å²) in [5.41, 5.74) is 3.34. The third-order valence-electron chi connectivity index (χ3n) is 3.78. The number of nitrogens with one attached hydrogen (secondary N) is 1. The fourth-order valence-corrected chi connectivity index (χ4v) is 2.76. The summed E-state index contributed by atoms with van der Waals surface area (Å²) in [5.74, 6) is 1.23. The highest BCUT2D eigenvalue weighted by Gasteiger charge is 2.31. The monoisotopic (exact) mass is 262 g/mol. The van der Waals surface area contributed by atoms with E-state index in [1.807, 2.05) is 20.2 Å². The van der Waals surface area contributed by atoms with Gasteiger partial charge in [-0.1, -0.05) is 6.07 Å². The largest absolute Gasteiger partial charge is 0.495 e. The molecule has 0 bridgehead atoms. The SMILES string of the molecule is CNCCC1CC(=O)N(C)c2c(OC)cc(C)cc21. The molecule has 1 heterocycles. The molecule has 1 aliphatic rings. The molecule has 1 N–H and O–H groups in total. The predicted octanol–water partition coefficient (Wildman–Crippen LogP) is 2.06. The Kier molecular flexibility index (Phi) is 4.10. The topological polar surface area (TPSA) is 41.6 Å². The number of anilines is 1. The molecule has 1 unspecified atom stereocenters. The van der Waals surface area contributed by atoms with Crippen LogP contribution in [0.3, 0.4) is 0 Å². The standard InChI is InChI=1S/C15H22N2O2/c1-10-7-12-11(5-6-16-2)9-14(18)17(3)15(12)13(8-10)19-4/h7-8,11,16H,5-6,9H2,1-4H3. The lowest BCUT2D eigenvalue weighted by molar-refractivity contribution is -0.119. The number of aryl methyl sites for hydroxylation is 1. The first-order valence-corrected chi connectivity index (χ1v) is 6.68. The molecule has 4 heteroatoms. The summed E-state index contributed by atoms with van der Waals surface area (Å²) >= 11 is 0. The average Bonchev–Trinajstić information content (AvgIpc) is 2.40. The van der Waals surface area contributed by atoms with Crippen LogP contribution in [-0.4, -0.2) is 33.7 Å². The van der Waals surface area contributed by atoms with Crippen LogP contribution in [0, 0.1) is 6.92 Å². The highest BCUT2D eigenvalue weighted by molar-refractivity contribution is 5.98. The smallest absolute Gasteiger partial charge is 0.227 e. The summed E-state index contributed by atoms with van der Waals surface area (Å²) in [6.07, 6.45) is 1.55. The quantitative estimate of drug-likeness (QED) is 0.903. The minimum absolute atomic E-state index is 0.163. The Morgan fingerprint density at radius 1 is 1.47 bits per heavy atom. The summed E-state index contributed by atoms with van der Waals surface area (Å²) in [4.78, 5) is 13.9. The van der Waals surface area contributed by atoms with Gasteiger partial charge in [-0.15, -0.1) is 0 Å². The molecule has 1 aromatic rings. The summed E-state index contributed by atoms with van der Waals surface area (Å²) in [7, 11) is 5.42. The van der Waals surface area contributed by atoms with Crippen molar-refractivity contribution in [3.63, 3.8) is 0 Å². The molecule has 0 aromatic heterocycles. The molecular formula is C15H22N2O2. The van der Waals surface area contributed by atoms with Gasteiger partial charge in [-0.2, -0.15) is 0 Å². The lowest BCUT2D eigenvalue weighted by Gasteiger charge is -2.33. The number of carbonyl (C=O) groups is 1. The van der Waals surface area contributed by atoms with Crippen LogP contribution in [0.4, 0.5) is 5.69 Å². The van der Waals surface area contributed by atoms with Crippen molar-refractivity contribution in [2.45, 2.75) is 25.7 Å². The molecule has 0 saturated heterocycles. The summed E-state index contributed by atoms with van der Waals surface area (Å²) in [6.45, 7) is 2.98. The van der Waals surface area contributed by atoms with Crippen LogP contribution in [-0.2, 0) is 4.79 Å². The second-order valence-corrected chi connectivity index (χ2v) is 5.15. The summed E-state index contributed by atoms with van der Waals surface area (Å²) in [5, 5.41) is 3.16. The number of hydrogen-bond donors (Lipinski definition) is 1. The normalized spacial score (nSPS) is 18.4. The number of amides is 1. The van der Waals surface area contributed by atoms with Crippen LogP contribution in [0.25, 0.3) is 0 Å². The zero-order valence-electron chi connectivity index (χ0n) is 12.1. The number of rotatable bonds is 4. The number of nitrogens with zero attached hydrogens (tertiary/aromatic N) is 1. The van der Waals surface area contributed by atoms with E-state index in [-0.39, 0.29) is 11.8 Å². The van der Waals surface area contributed by atoms with E-state index in [9.17, 15) is 4.79 Å². The first kappa shape index (κ1) is 13.9. The van der Waals surface area contributed by atoms with Crippen LogP contribution >= 0.6 is 0 Å². The first-order chi connectivity index (χ1) is 9.08. The molecule has 1 amide bonds. The maximum absolute atomic E-state index is 12.1. The number of carbonyl (C=O) groups excluding carboxylic acids is 1. The zero-order valence-corrected chi connectivity index (χ0v) is 12.1. The van der Waals surface area contributed by atoms with E-state index in [0.717, 1.165) is 24.4 Å². The first-order valence-electron chi connectivity index (χ1n) is 6.68. The lowest BCUT2D eigenvalue weighted by Crippen LogP contribution is -2.34. The molecule has 1 atom stereocenters. The van der Waals surface area contributed by atoms with E-state index in [2.05, 4.69) is 18.3 Å². The molecule has 4 nitrogen and oxygen atoms in total. The molecule has 0 radical (unpaired) electrons. The van der Waals surface area contributed by atoms with Gasteiger partial charge in [0, 0.05) is 13.5 Å². The molecule has 104 valence electrons. The van der Waals surface area contributed by atoms with E-state index in [1.165, 1.54) is 11.1 Å². The van der Waals surface area contributed by atoms with Crippen molar-refractivity contribution in [3.05, 3.63) is 23.3 Å². The van der Waals surface area contributed by atoms with Crippen molar-refractivity contribution in [2.75, 3.05) is 32.6 Å². The van der Waals surface area contributed by atoms with Crippen molar-refractivity contribution in [2.24, 2.45) is 0 Å². The van der Waals surface area contributed by atoms with Crippen molar-refractivity contribution < 1.29 is 9.53 Å². The van der Waals surface area contributed by atoms with Crippen molar-refractivity contribution in [1.82, 2.24) is 5.32 Å². The van der Waals surface area contributed by atoms with Gasteiger partial charge in [-0.25, -0.2) is 0 Å². The van der Waals surface area contributed by atoms with Gasteiger partial charge in [-0.05, 0) is 50.0 Å². The van der Waals surface area contributed by atoms with Crippen molar-refractivity contribution >= 4 is 11.6 Å². The van der Waals surface area contributed by atoms with Crippen molar-refractivity contribution in [3.8, 4) is 5.75 Å². The fourth-order valence-electron chi connectivity index (χ4n) is 2.76. The molecule has 19 heavy (non-hydrogen) atoms. The van der Waals surface area contributed by atoms with Gasteiger partial charge in [0.05, 0.1) is 12.8 Å². The third-order valence-corrected chi connectivity index (χ3v) is 3.78. The van der Waals surface area contributed by atoms with Gasteiger partial charge < -0.3 is 15.0 Å². The number of hydrogen-bond acceptors (Lipinski definition) is 3. The second-order valence-electron chi connectivity index (χ2n) is 5.15. The van der Waals surface area contributed by atoms with E-state index < -0.39 is 0 Å². The maximum atomic E-state index is 12.1. The summed E-state index contributed by atoms with van der Waals surface area (Å²) < 4.78 is 5.46. The fraction of sp³-hybridized carbons (Fsp3) is 0.533. The molecule has 0 saturated carbocycles. The second kappa shape index (κ2) is 5.61. The van der Waals surface area contributed by atoms with Crippen LogP contribution in [0.1, 0.15) is 29.9 Å². The number of ether oxygens (including phenoxy) is 1. The Balaban J connectivity index is 2.48. The Morgan fingerprint density at radius 3 is 2.84 bits per heavy atom. The molecule has 1 aliphatic heterocycles. The minimum atomic E-state index is 0.163. The van der Waals surface area contributed by atoms with Gasteiger partial charge in [-0.3, -0.25) is 4.79 Å². The maximum Gasteiger partial charge on any atom is 0.227 e. The van der Waals surface area contributed by atoms with Crippen LogP contribution < -0.4 is 15.0 Å². The highest BCUT2D eigenvalue weighted by Crippen LogP contribution is 2.43. The van der Waals surface area contributed by atoms with Crippen LogP contribution in [0.5, 0.6) is 5.75 Å². The van der Waals surface area contributed by atoms with E-state index in [0.29, 0.717) is 6.42 Å². The molecule has 0 aliphatic carbocycles. The molecule has 0 fully saturated rings. The Hall–Kier alpha value is -1.55. The van der Waals surface area contributed by atoms with E-state index in [1.54, 1.807) is 12.0 Å². The van der Waals surface area contributed by atoms with Gasteiger partial charge in [0.25, 0.3) is 0 Å². The molecular weight excluding hydrogens is 240 g/mol. The van der Waals surface area contributed by atoms with Gasteiger partial charge in [0.2, 0.25) is 5.91 Å². The minimum Gasteiger partial charge on any atom is -0.495 e. The number of fused-ring (bicyclic) bond motifs is 1. The van der Waals surface area contributed by atoms with Crippen LogP contribution in [0.15, 0.2) is 12.1 Å². The van der Waals surface area contributed by atoms with Gasteiger partial charge in [0.15, 0.2) is 0 Å². The average molecular weight is 262 g/mol. The Bertz CT molecular complexity index is 485. The molecule has 0 spiro atoms. The van der Waals surface area contributed by atoms with E-state index in [4.69, 9.17) is 4.74 Å². The Labute approximate surface area is 114 Å². The van der Waals surface area contributed by atoms with Gasteiger partial charge in [0.1, 0.15) is 5.75 Å². The van der Waals surface area contributed by atoms with Crippen molar-refractivity contribution in [1.29, 1.82) is 0 Å². The third kappa shape index (κ3) is 2.59. The van der Waals surface area contributed by atoms with E-state index >= 15 is 0 Å². The highest BCUT2D eigenvalue weighted by atomic mass is 16.5. The predicted molar refractivity (Wildman–Crippen MR) is 77.0 cm³/mol. The Morgan fingerprint density at radius 2 is 2.21 bits per heavy atom. The number of methoxy groups -OCH3 is 1. The van der Waals surface area contributed by atoms with Crippen LogP contribution in [0.2, 0.25) is 0 Å². The zero-order chi connectivity index (χ0) is 14.0. The number of benzene rings is 1. The molecule has 2 rings (SSSR count). The lowest BCUT2D eigenvalue weighted by atomic mass is 9.86.